The molecule has 0 aliphatic carbocycles. The van der Waals surface area contributed by atoms with Gasteiger partial charge in [0.1, 0.15) is 12.7 Å². The number of ether oxygens (including phenoxy) is 2. The molecule has 0 spiro atoms. The van der Waals surface area contributed by atoms with Gasteiger partial charge in [-0.3, -0.25) is 0 Å². The Morgan fingerprint density at radius 2 is 2.29 bits per heavy atom. The van der Waals surface area contributed by atoms with Gasteiger partial charge in [-0.05, 0) is 6.42 Å². The Hall–Kier alpha value is -0.0761. The van der Waals surface area contributed by atoms with Crippen molar-refractivity contribution in [3.8, 4) is 11.5 Å². The summed E-state index contributed by atoms with van der Waals surface area (Å²) < 4.78 is 11.2. The molecule has 73 valence electrons. The summed E-state index contributed by atoms with van der Waals surface area (Å²) in [5, 5.41) is 0. The fraction of sp³-hybridized carbons (Fsp3) is 0.455. The van der Waals surface area contributed by atoms with Crippen LogP contribution in [0.25, 0.3) is 0 Å². The van der Waals surface area contributed by atoms with Crippen LogP contribution in [-0.4, -0.2) is 12.7 Å². The number of aryl methyl sites for hydroxylation is 1. The normalized spacial score (nSPS) is 18.6. The Morgan fingerprint density at radius 1 is 1.50 bits per heavy atom. The maximum absolute atomic E-state index is 5.68. The molecule has 14 heavy (non-hydrogen) atoms. The molecule has 3 heteroatoms. The van der Waals surface area contributed by atoms with Gasteiger partial charge >= 0.3 is 0 Å². The zero-order chi connectivity index (χ0) is 9.26. The van der Waals surface area contributed by atoms with Crippen LogP contribution >= 0.6 is 0 Å². The van der Waals surface area contributed by atoms with Gasteiger partial charge in [-0.15, -0.1) is 12.1 Å². The first-order valence-corrected chi connectivity index (χ1v) is 4.62. The molecule has 0 amide bonds. The summed E-state index contributed by atoms with van der Waals surface area (Å²) in [6.07, 6.45) is 1.16. The van der Waals surface area contributed by atoms with Crippen molar-refractivity contribution < 1.29 is 42.2 Å². The standard InChI is InChI=1S/C11H13O2.Y/c1-3-9-7-12-10-5-4-8(2)6-11(10)13-9;/h4-5,9H,3,7H2,1-2H3;/q-1;/t9-;/m0./s1. The first kappa shape index (κ1) is 12.0. The van der Waals surface area contributed by atoms with Gasteiger partial charge in [0, 0.05) is 44.2 Å². The molecule has 0 saturated heterocycles. The number of rotatable bonds is 1. The van der Waals surface area contributed by atoms with Gasteiger partial charge in [0.15, 0.2) is 0 Å². The molecule has 1 aliphatic rings. The Morgan fingerprint density at radius 3 is 3.00 bits per heavy atom. The SMILES string of the molecule is CC[C@H]1COc2ccc(C)[c-]c2O1.[Y]. The summed E-state index contributed by atoms with van der Waals surface area (Å²) in [4.78, 5) is 0. The first-order chi connectivity index (χ1) is 6.29. The number of fused-ring (bicyclic) bond motifs is 1. The fourth-order valence-electron chi connectivity index (χ4n) is 1.34. The average Bonchev–Trinajstić information content (AvgIpc) is 2.16. The van der Waals surface area contributed by atoms with Crippen LogP contribution in [-0.2, 0) is 32.7 Å². The van der Waals surface area contributed by atoms with Crippen LogP contribution in [0, 0.1) is 13.0 Å². The number of benzene rings is 1. The predicted molar refractivity (Wildman–Crippen MR) is 50.2 cm³/mol. The van der Waals surface area contributed by atoms with Gasteiger partial charge < -0.3 is 9.47 Å². The molecule has 1 aliphatic heterocycles. The third kappa shape index (κ3) is 2.49. The zero-order valence-corrected chi connectivity index (χ0v) is 11.4. The van der Waals surface area contributed by atoms with Gasteiger partial charge in [-0.1, -0.05) is 13.8 Å². The second kappa shape index (κ2) is 5.13. The summed E-state index contributed by atoms with van der Waals surface area (Å²) in [7, 11) is 0. The van der Waals surface area contributed by atoms with Crippen molar-refractivity contribution >= 4 is 0 Å². The molecule has 1 atom stereocenters. The van der Waals surface area contributed by atoms with Crippen molar-refractivity contribution in [1.82, 2.24) is 0 Å². The molecular formula is C11H13O2Y-. The van der Waals surface area contributed by atoms with E-state index in [2.05, 4.69) is 13.0 Å². The topological polar surface area (TPSA) is 18.5 Å². The quantitative estimate of drug-likeness (QED) is 0.726. The summed E-state index contributed by atoms with van der Waals surface area (Å²) >= 11 is 0. The van der Waals surface area contributed by atoms with Gasteiger partial charge in [-0.2, -0.15) is 11.6 Å². The van der Waals surface area contributed by atoms with Crippen LogP contribution in [0.4, 0.5) is 0 Å². The third-order valence-corrected chi connectivity index (χ3v) is 2.18. The molecule has 2 nitrogen and oxygen atoms in total. The van der Waals surface area contributed by atoms with Crippen LogP contribution in [0.15, 0.2) is 12.1 Å². The van der Waals surface area contributed by atoms with E-state index in [9.17, 15) is 0 Å². The van der Waals surface area contributed by atoms with Crippen LogP contribution in [0.1, 0.15) is 18.9 Å². The smallest absolute Gasteiger partial charge is 0.128 e. The predicted octanol–water partition coefficient (Wildman–Crippen LogP) is 2.34. The summed E-state index contributed by atoms with van der Waals surface area (Å²) in [6, 6.07) is 7.06. The van der Waals surface area contributed by atoms with Gasteiger partial charge in [0.05, 0.1) is 0 Å². The van der Waals surface area contributed by atoms with Crippen LogP contribution < -0.4 is 9.47 Å². The molecule has 2 rings (SSSR count). The van der Waals surface area contributed by atoms with Crippen molar-refractivity contribution in [3.05, 3.63) is 23.8 Å². The van der Waals surface area contributed by atoms with Gasteiger partial charge in [0.2, 0.25) is 0 Å². The van der Waals surface area contributed by atoms with E-state index in [4.69, 9.17) is 9.47 Å². The minimum Gasteiger partial charge on any atom is -0.544 e. The zero-order valence-electron chi connectivity index (χ0n) is 8.54. The maximum atomic E-state index is 5.68. The average molecular weight is 266 g/mol. The molecule has 0 saturated carbocycles. The molecule has 0 fully saturated rings. The van der Waals surface area contributed by atoms with Crippen molar-refractivity contribution in [1.29, 1.82) is 0 Å². The largest absolute Gasteiger partial charge is 0.544 e. The Labute approximate surface area is 110 Å². The Bertz CT molecular complexity index is 312. The maximum Gasteiger partial charge on any atom is 0.128 e. The van der Waals surface area contributed by atoms with Crippen molar-refractivity contribution in [2.45, 2.75) is 26.4 Å². The Kier molecular flexibility index (Phi) is 4.40. The summed E-state index contributed by atoms with van der Waals surface area (Å²) in [6.45, 7) is 4.74. The number of hydrogen-bond donors (Lipinski definition) is 0. The first-order valence-electron chi connectivity index (χ1n) is 4.62. The molecule has 0 N–H and O–H groups in total. The molecule has 0 aromatic heterocycles. The monoisotopic (exact) mass is 266 g/mol. The third-order valence-electron chi connectivity index (χ3n) is 2.18. The minimum atomic E-state index is 0. The van der Waals surface area contributed by atoms with E-state index in [0.29, 0.717) is 6.61 Å². The van der Waals surface area contributed by atoms with Gasteiger partial charge in [-0.25, -0.2) is 0 Å². The van der Waals surface area contributed by atoms with Crippen molar-refractivity contribution in [2.24, 2.45) is 0 Å². The second-order valence-corrected chi connectivity index (χ2v) is 3.29. The minimum absolute atomic E-state index is 0. The van der Waals surface area contributed by atoms with E-state index < -0.39 is 0 Å². The van der Waals surface area contributed by atoms with Crippen LogP contribution in [0.3, 0.4) is 0 Å². The van der Waals surface area contributed by atoms with Crippen molar-refractivity contribution in [2.75, 3.05) is 6.61 Å². The summed E-state index contributed by atoms with van der Waals surface area (Å²) in [5.41, 5.74) is 1.08. The number of hydrogen-bond acceptors (Lipinski definition) is 2. The van der Waals surface area contributed by atoms with E-state index in [1.54, 1.807) is 0 Å². The molecule has 1 heterocycles. The fourth-order valence-corrected chi connectivity index (χ4v) is 1.34. The molecule has 1 radical (unpaired) electrons. The molecule has 1 aromatic rings. The van der Waals surface area contributed by atoms with E-state index in [0.717, 1.165) is 23.5 Å². The Balaban J connectivity index is 0.000000980. The summed E-state index contributed by atoms with van der Waals surface area (Å²) in [5.74, 6) is 1.58. The molecular weight excluding hydrogens is 253 g/mol. The van der Waals surface area contributed by atoms with Crippen LogP contribution in [0.5, 0.6) is 11.5 Å². The molecule has 0 unspecified atom stereocenters. The van der Waals surface area contributed by atoms with Crippen LogP contribution in [0.2, 0.25) is 0 Å². The van der Waals surface area contributed by atoms with Gasteiger partial charge in [0.25, 0.3) is 0 Å². The molecule has 1 aromatic carbocycles. The van der Waals surface area contributed by atoms with E-state index >= 15 is 0 Å². The van der Waals surface area contributed by atoms with Crippen molar-refractivity contribution in [3.63, 3.8) is 0 Å². The molecule has 0 bridgehead atoms. The van der Waals surface area contributed by atoms with E-state index in [1.165, 1.54) is 0 Å². The van der Waals surface area contributed by atoms with E-state index in [1.807, 2.05) is 19.1 Å². The van der Waals surface area contributed by atoms with E-state index in [-0.39, 0.29) is 38.8 Å². The second-order valence-electron chi connectivity index (χ2n) is 3.29.